The fourth-order valence-corrected chi connectivity index (χ4v) is 5.16. The van der Waals surface area contributed by atoms with E-state index in [2.05, 4.69) is 5.32 Å². The lowest BCUT2D eigenvalue weighted by molar-refractivity contribution is -0.122. The predicted octanol–water partition coefficient (Wildman–Crippen LogP) is 3.66. The van der Waals surface area contributed by atoms with E-state index in [4.69, 9.17) is 25.8 Å². The van der Waals surface area contributed by atoms with Crippen LogP contribution in [-0.4, -0.2) is 33.8 Å². The molecular weight excluding hydrogens is 456 g/mol. The highest BCUT2D eigenvalue weighted by molar-refractivity contribution is 7.92. The van der Waals surface area contributed by atoms with Crippen LogP contribution in [0.25, 0.3) is 0 Å². The molecule has 3 aromatic carbocycles. The molecule has 1 N–H and O–H groups in total. The Bertz CT molecular complexity index is 1300. The molecule has 10 heteroatoms. The van der Waals surface area contributed by atoms with Gasteiger partial charge in [0.15, 0.2) is 17.6 Å². The van der Waals surface area contributed by atoms with E-state index in [1.807, 2.05) is 0 Å². The minimum absolute atomic E-state index is 0.0998. The van der Waals surface area contributed by atoms with Gasteiger partial charge in [-0.1, -0.05) is 29.8 Å². The smallest absolute Gasteiger partial charge is 0.267 e. The highest BCUT2D eigenvalue weighted by Gasteiger charge is 2.38. The Balaban J connectivity index is 1.46. The van der Waals surface area contributed by atoms with Crippen molar-refractivity contribution < 1.29 is 27.4 Å². The summed E-state index contributed by atoms with van der Waals surface area (Å²) in [4.78, 5) is 13.1. The fraction of sp³-hybridized carbons (Fsp3) is 0.136. The highest BCUT2D eigenvalue weighted by Crippen LogP contribution is 2.39. The van der Waals surface area contributed by atoms with E-state index in [0.717, 1.165) is 4.31 Å². The van der Waals surface area contributed by atoms with Crippen molar-refractivity contribution in [1.29, 1.82) is 0 Å². The maximum atomic E-state index is 13.4. The summed E-state index contributed by atoms with van der Waals surface area (Å²) in [5, 5.41) is 3.10. The van der Waals surface area contributed by atoms with Crippen LogP contribution >= 0.6 is 11.6 Å². The van der Waals surface area contributed by atoms with Crippen molar-refractivity contribution in [3.63, 3.8) is 0 Å². The molecule has 3 aromatic rings. The summed E-state index contributed by atoms with van der Waals surface area (Å²) < 4.78 is 44.4. The van der Waals surface area contributed by atoms with Gasteiger partial charge in [-0.2, -0.15) is 0 Å². The molecule has 0 spiro atoms. The van der Waals surface area contributed by atoms with Crippen LogP contribution in [0.4, 0.5) is 11.4 Å². The molecule has 0 unspecified atom stereocenters. The first-order chi connectivity index (χ1) is 15.4. The third-order valence-corrected chi connectivity index (χ3v) is 7.08. The van der Waals surface area contributed by atoms with Gasteiger partial charge in [0.25, 0.3) is 15.9 Å². The number of benzene rings is 3. The first-order valence-electron chi connectivity index (χ1n) is 9.66. The number of rotatable bonds is 4. The van der Waals surface area contributed by atoms with Gasteiger partial charge in [0, 0.05) is 16.8 Å². The molecule has 32 heavy (non-hydrogen) atoms. The van der Waals surface area contributed by atoms with E-state index in [1.54, 1.807) is 48.5 Å². The molecular formula is C22H17ClN2O6S. The molecule has 1 atom stereocenters. The number of sulfonamides is 1. The number of nitrogens with one attached hydrogen (secondary N) is 1. The fourth-order valence-electron chi connectivity index (χ4n) is 3.51. The van der Waals surface area contributed by atoms with E-state index in [0.29, 0.717) is 22.2 Å². The summed E-state index contributed by atoms with van der Waals surface area (Å²) in [6.45, 7) is -0.106. The molecule has 0 aromatic heterocycles. The Hall–Kier alpha value is -3.43. The molecule has 1 amide bonds. The zero-order valence-corrected chi connectivity index (χ0v) is 18.1. The van der Waals surface area contributed by atoms with Crippen LogP contribution in [0.1, 0.15) is 0 Å². The summed E-state index contributed by atoms with van der Waals surface area (Å²) >= 11 is 6.11. The number of nitrogens with zero attached hydrogens (tertiary/aromatic N) is 1. The van der Waals surface area contributed by atoms with Gasteiger partial charge in [0.05, 0.1) is 17.1 Å². The highest BCUT2D eigenvalue weighted by atomic mass is 35.5. The zero-order valence-electron chi connectivity index (χ0n) is 16.5. The third-order valence-electron chi connectivity index (χ3n) is 5.05. The average molecular weight is 473 g/mol. The van der Waals surface area contributed by atoms with Crippen molar-refractivity contribution in [3.8, 4) is 17.2 Å². The van der Waals surface area contributed by atoms with E-state index in [-0.39, 0.29) is 29.7 Å². The number of carbonyl (C=O) groups is 1. The SMILES string of the molecule is O=C(Nc1ccc2c(c1)OCO2)[C@H]1CN(S(=O)(=O)c2ccccc2)c2cc(Cl)ccc2O1. The van der Waals surface area contributed by atoms with Gasteiger partial charge in [0.1, 0.15) is 5.75 Å². The number of ether oxygens (including phenoxy) is 3. The molecule has 0 bridgehead atoms. The summed E-state index contributed by atoms with van der Waals surface area (Å²) in [6.07, 6.45) is -1.09. The zero-order chi connectivity index (χ0) is 22.3. The van der Waals surface area contributed by atoms with Crippen LogP contribution in [0.2, 0.25) is 5.02 Å². The monoisotopic (exact) mass is 472 g/mol. The average Bonchev–Trinajstić information content (AvgIpc) is 3.27. The minimum Gasteiger partial charge on any atom is -0.476 e. The molecule has 8 nitrogen and oxygen atoms in total. The normalized spacial score (nSPS) is 16.8. The molecule has 0 aliphatic carbocycles. The lowest BCUT2D eigenvalue weighted by Crippen LogP contribution is -2.48. The molecule has 5 rings (SSSR count). The van der Waals surface area contributed by atoms with Gasteiger partial charge >= 0.3 is 0 Å². The van der Waals surface area contributed by atoms with Crippen molar-refractivity contribution in [1.82, 2.24) is 0 Å². The van der Waals surface area contributed by atoms with Crippen molar-refractivity contribution in [3.05, 3.63) is 71.8 Å². The van der Waals surface area contributed by atoms with E-state index in [9.17, 15) is 13.2 Å². The molecule has 2 aliphatic rings. The third kappa shape index (κ3) is 3.69. The number of amides is 1. The number of hydrogen-bond donors (Lipinski definition) is 1. The Labute approximate surface area is 189 Å². The topological polar surface area (TPSA) is 94.2 Å². The van der Waals surface area contributed by atoms with Crippen molar-refractivity contribution in [2.75, 3.05) is 23.0 Å². The quantitative estimate of drug-likeness (QED) is 0.622. The van der Waals surface area contributed by atoms with Crippen LogP contribution in [0, 0.1) is 0 Å². The molecule has 164 valence electrons. The predicted molar refractivity (Wildman–Crippen MR) is 118 cm³/mol. The molecule has 0 saturated heterocycles. The molecule has 0 saturated carbocycles. The van der Waals surface area contributed by atoms with E-state index < -0.39 is 22.0 Å². The number of halogens is 1. The maximum absolute atomic E-state index is 13.4. The minimum atomic E-state index is -3.96. The summed E-state index contributed by atoms with van der Waals surface area (Å²) in [7, 11) is -3.96. The Kier molecular flexibility index (Phi) is 5.07. The van der Waals surface area contributed by atoms with Crippen molar-refractivity contribution >= 4 is 38.9 Å². The standard InChI is InChI=1S/C22H17ClN2O6S/c23-14-6-8-18-17(10-14)25(32(27,28)16-4-2-1-3-5-16)12-21(31-18)22(26)24-15-7-9-19-20(11-15)30-13-29-19/h1-11,21H,12-13H2,(H,24,26)/t21-/m1/s1. The van der Waals surface area contributed by atoms with Gasteiger partial charge in [-0.05, 0) is 42.5 Å². The summed E-state index contributed by atoms with van der Waals surface area (Å²) in [5.74, 6) is 0.840. The number of fused-ring (bicyclic) bond motifs is 2. The van der Waals surface area contributed by atoms with E-state index >= 15 is 0 Å². The van der Waals surface area contributed by atoms with Gasteiger partial charge in [0.2, 0.25) is 6.79 Å². The van der Waals surface area contributed by atoms with Crippen LogP contribution in [0.3, 0.4) is 0 Å². The van der Waals surface area contributed by atoms with Crippen LogP contribution < -0.4 is 23.8 Å². The Morgan fingerprint density at radius 3 is 2.53 bits per heavy atom. The number of carbonyl (C=O) groups excluding carboxylic acids is 1. The number of anilines is 2. The second-order valence-electron chi connectivity index (χ2n) is 7.13. The molecule has 0 fully saturated rings. The first kappa shape index (κ1) is 20.5. The Morgan fingerprint density at radius 2 is 1.72 bits per heavy atom. The maximum Gasteiger partial charge on any atom is 0.267 e. The second-order valence-corrected chi connectivity index (χ2v) is 9.42. The van der Waals surface area contributed by atoms with E-state index in [1.165, 1.54) is 18.2 Å². The lowest BCUT2D eigenvalue weighted by atomic mass is 10.2. The van der Waals surface area contributed by atoms with Crippen LogP contribution in [0.15, 0.2) is 71.6 Å². The van der Waals surface area contributed by atoms with Gasteiger partial charge < -0.3 is 19.5 Å². The Morgan fingerprint density at radius 1 is 0.969 bits per heavy atom. The van der Waals surface area contributed by atoms with Crippen LogP contribution in [0.5, 0.6) is 17.2 Å². The van der Waals surface area contributed by atoms with Gasteiger partial charge in [-0.3, -0.25) is 9.10 Å². The second kappa shape index (κ2) is 7.92. The largest absolute Gasteiger partial charge is 0.476 e. The van der Waals surface area contributed by atoms with Gasteiger partial charge in [-0.15, -0.1) is 0 Å². The first-order valence-corrected chi connectivity index (χ1v) is 11.5. The van der Waals surface area contributed by atoms with Gasteiger partial charge in [-0.25, -0.2) is 8.42 Å². The van der Waals surface area contributed by atoms with Crippen molar-refractivity contribution in [2.24, 2.45) is 0 Å². The molecule has 2 heterocycles. The lowest BCUT2D eigenvalue weighted by Gasteiger charge is -2.34. The molecule has 0 radical (unpaired) electrons. The van der Waals surface area contributed by atoms with Crippen LogP contribution in [-0.2, 0) is 14.8 Å². The molecule has 2 aliphatic heterocycles. The summed E-state index contributed by atoms with van der Waals surface area (Å²) in [5.41, 5.74) is 0.746. The van der Waals surface area contributed by atoms with Crippen molar-refractivity contribution in [2.45, 2.75) is 11.0 Å². The summed E-state index contributed by atoms with van der Waals surface area (Å²) in [6, 6.07) is 17.6. The number of hydrogen-bond acceptors (Lipinski definition) is 6.